The third kappa shape index (κ3) is 3.25. The molecule has 3 heterocycles. The topological polar surface area (TPSA) is 77.9 Å². The molecule has 1 aromatic rings. The molecule has 0 bridgehead atoms. The molecule has 7 heteroatoms. The third-order valence-electron chi connectivity index (χ3n) is 4.42. The molecule has 3 rings (SSSR count). The van der Waals surface area contributed by atoms with Crippen molar-refractivity contribution in [1.82, 2.24) is 14.7 Å². The van der Waals surface area contributed by atoms with Crippen molar-refractivity contribution in [2.45, 2.75) is 25.6 Å². The molecule has 0 aromatic carbocycles. The normalized spacial score (nSPS) is 30.0. The second kappa shape index (κ2) is 6.66. The number of rotatable bonds is 3. The maximum Gasteiger partial charge on any atom is 0.191 e. The van der Waals surface area contributed by atoms with Gasteiger partial charge in [0.15, 0.2) is 5.96 Å². The van der Waals surface area contributed by atoms with Crippen LogP contribution >= 0.6 is 0 Å². The van der Waals surface area contributed by atoms with E-state index in [0.29, 0.717) is 25.0 Å². The van der Waals surface area contributed by atoms with Crippen molar-refractivity contribution in [3.8, 4) is 0 Å². The fourth-order valence-corrected chi connectivity index (χ4v) is 3.15. The van der Waals surface area contributed by atoms with Crippen LogP contribution in [0.15, 0.2) is 17.3 Å². The highest BCUT2D eigenvalue weighted by molar-refractivity contribution is 5.78. The molecule has 0 saturated carbocycles. The highest BCUT2D eigenvalue weighted by atomic mass is 16.5. The first-order valence-electron chi connectivity index (χ1n) is 7.91. The lowest BCUT2D eigenvalue weighted by Gasteiger charge is -2.32. The van der Waals surface area contributed by atoms with Gasteiger partial charge in [0.05, 0.1) is 18.4 Å². The van der Waals surface area contributed by atoms with Gasteiger partial charge in [-0.15, -0.1) is 0 Å². The minimum Gasteiger partial charge on any atom is -0.375 e. The van der Waals surface area contributed by atoms with Gasteiger partial charge in [0.2, 0.25) is 0 Å². The third-order valence-corrected chi connectivity index (χ3v) is 4.42. The molecule has 122 valence electrons. The van der Waals surface area contributed by atoms with Crippen molar-refractivity contribution < 1.29 is 9.47 Å². The van der Waals surface area contributed by atoms with Crippen LogP contribution in [0.3, 0.4) is 0 Å². The summed E-state index contributed by atoms with van der Waals surface area (Å²) in [5, 5.41) is 4.23. The minimum atomic E-state index is 0.0627. The van der Waals surface area contributed by atoms with Crippen LogP contribution in [0.4, 0.5) is 0 Å². The van der Waals surface area contributed by atoms with Gasteiger partial charge in [-0.3, -0.25) is 9.67 Å². The van der Waals surface area contributed by atoms with Gasteiger partial charge < -0.3 is 20.1 Å². The molecule has 2 N–H and O–H groups in total. The molecule has 22 heavy (non-hydrogen) atoms. The lowest BCUT2D eigenvalue weighted by molar-refractivity contribution is 0.00523. The Kier molecular flexibility index (Phi) is 4.63. The van der Waals surface area contributed by atoms with Crippen LogP contribution in [-0.2, 0) is 16.5 Å². The number of aryl methyl sites for hydroxylation is 1. The Morgan fingerprint density at radius 3 is 3.05 bits per heavy atom. The highest BCUT2D eigenvalue weighted by Gasteiger charge is 2.31. The Bertz CT molecular complexity index is 530. The van der Waals surface area contributed by atoms with Crippen LogP contribution in [0.5, 0.6) is 0 Å². The van der Waals surface area contributed by atoms with Gasteiger partial charge in [0.1, 0.15) is 6.10 Å². The number of aromatic nitrogens is 2. The van der Waals surface area contributed by atoms with E-state index in [9.17, 15) is 0 Å². The van der Waals surface area contributed by atoms with Crippen LogP contribution < -0.4 is 5.73 Å². The first-order chi connectivity index (χ1) is 10.6. The molecule has 0 aliphatic carbocycles. The SMILES string of the molecule is CC1CN(C(N)=NC[C@@H]2CCO[C@H]2c2ccnn2C)CCO1. The Balaban J connectivity index is 1.62. The van der Waals surface area contributed by atoms with Gasteiger partial charge in [0, 0.05) is 45.4 Å². The van der Waals surface area contributed by atoms with Crippen molar-refractivity contribution in [1.29, 1.82) is 0 Å². The van der Waals surface area contributed by atoms with Gasteiger partial charge >= 0.3 is 0 Å². The van der Waals surface area contributed by atoms with Gasteiger partial charge in [-0.05, 0) is 19.4 Å². The van der Waals surface area contributed by atoms with Crippen molar-refractivity contribution in [3.05, 3.63) is 18.0 Å². The second-order valence-electron chi connectivity index (χ2n) is 6.05. The van der Waals surface area contributed by atoms with E-state index in [0.717, 1.165) is 31.8 Å². The van der Waals surface area contributed by atoms with Gasteiger partial charge in [-0.2, -0.15) is 5.10 Å². The predicted octanol–water partition coefficient (Wildman–Crippen LogP) is 0.533. The van der Waals surface area contributed by atoms with Crippen LogP contribution in [0.25, 0.3) is 0 Å². The summed E-state index contributed by atoms with van der Waals surface area (Å²) in [5.41, 5.74) is 7.25. The Labute approximate surface area is 131 Å². The molecule has 0 spiro atoms. The second-order valence-corrected chi connectivity index (χ2v) is 6.05. The summed E-state index contributed by atoms with van der Waals surface area (Å²) >= 11 is 0. The molecule has 7 nitrogen and oxygen atoms in total. The first-order valence-corrected chi connectivity index (χ1v) is 7.91. The predicted molar refractivity (Wildman–Crippen MR) is 83.5 cm³/mol. The number of nitrogens with two attached hydrogens (primary N) is 1. The van der Waals surface area contributed by atoms with E-state index in [-0.39, 0.29) is 12.2 Å². The molecule has 3 atom stereocenters. The largest absolute Gasteiger partial charge is 0.375 e. The molecular formula is C15H25N5O2. The highest BCUT2D eigenvalue weighted by Crippen LogP contribution is 2.34. The zero-order valence-electron chi connectivity index (χ0n) is 13.3. The van der Waals surface area contributed by atoms with Crippen molar-refractivity contribution in [2.24, 2.45) is 23.7 Å². The Hall–Kier alpha value is -1.60. The lowest BCUT2D eigenvalue weighted by Crippen LogP contribution is -2.48. The molecule has 2 saturated heterocycles. The van der Waals surface area contributed by atoms with E-state index in [2.05, 4.69) is 21.9 Å². The smallest absolute Gasteiger partial charge is 0.191 e. The van der Waals surface area contributed by atoms with Crippen LogP contribution in [-0.4, -0.2) is 59.6 Å². The molecule has 1 aromatic heterocycles. The van der Waals surface area contributed by atoms with Gasteiger partial charge in [0.25, 0.3) is 0 Å². The van der Waals surface area contributed by atoms with Crippen molar-refractivity contribution in [3.63, 3.8) is 0 Å². The van der Waals surface area contributed by atoms with Gasteiger partial charge in [-0.1, -0.05) is 0 Å². The average Bonchev–Trinajstić information content (AvgIpc) is 3.12. The first kappa shape index (κ1) is 15.3. The number of nitrogens with zero attached hydrogens (tertiary/aromatic N) is 4. The Morgan fingerprint density at radius 2 is 2.32 bits per heavy atom. The number of hydrogen-bond acceptors (Lipinski definition) is 4. The Morgan fingerprint density at radius 1 is 1.45 bits per heavy atom. The molecule has 2 aliphatic heterocycles. The van der Waals surface area contributed by atoms with E-state index in [1.807, 2.05) is 17.8 Å². The summed E-state index contributed by atoms with van der Waals surface area (Å²) in [5.74, 6) is 0.971. The number of hydrogen-bond donors (Lipinski definition) is 1. The number of ether oxygens (including phenoxy) is 2. The molecule has 1 unspecified atom stereocenters. The van der Waals surface area contributed by atoms with Crippen LogP contribution in [0.1, 0.15) is 25.1 Å². The van der Waals surface area contributed by atoms with E-state index < -0.39 is 0 Å². The maximum atomic E-state index is 6.14. The van der Waals surface area contributed by atoms with Crippen molar-refractivity contribution >= 4 is 5.96 Å². The summed E-state index contributed by atoms with van der Waals surface area (Å²) in [6.07, 6.45) is 3.08. The van der Waals surface area contributed by atoms with Gasteiger partial charge in [-0.25, -0.2) is 0 Å². The standard InChI is InChI=1S/C15H25N5O2/c1-11-10-20(6-8-21-11)15(16)17-9-12-4-7-22-14(12)13-3-5-18-19(13)2/h3,5,11-12,14H,4,6-10H2,1-2H3,(H2,16,17)/t11?,12-,14+/m0/s1. The molecule has 2 aliphatic rings. The van der Waals surface area contributed by atoms with E-state index >= 15 is 0 Å². The average molecular weight is 307 g/mol. The van der Waals surface area contributed by atoms with Crippen molar-refractivity contribution in [2.75, 3.05) is 32.8 Å². The summed E-state index contributed by atoms with van der Waals surface area (Å²) in [7, 11) is 1.95. The molecular weight excluding hydrogens is 282 g/mol. The minimum absolute atomic E-state index is 0.0627. The zero-order chi connectivity index (χ0) is 15.5. The fraction of sp³-hybridized carbons (Fsp3) is 0.733. The molecule has 0 amide bonds. The summed E-state index contributed by atoms with van der Waals surface area (Å²) < 4.78 is 13.3. The molecule has 0 radical (unpaired) electrons. The van der Waals surface area contributed by atoms with Crippen LogP contribution in [0.2, 0.25) is 0 Å². The fourth-order valence-electron chi connectivity index (χ4n) is 3.15. The number of aliphatic imine (C=N–C) groups is 1. The van der Waals surface area contributed by atoms with E-state index in [4.69, 9.17) is 15.2 Å². The van der Waals surface area contributed by atoms with E-state index in [1.165, 1.54) is 0 Å². The summed E-state index contributed by atoms with van der Waals surface area (Å²) in [6.45, 7) is 5.84. The number of guanidine groups is 1. The number of morpholine rings is 1. The molecule has 2 fully saturated rings. The lowest BCUT2D eigenvalue weighted by atomic mass is 9.99. The quantitative estimate of drug-likeness (QED) is 0.651. The monoisotopic (exact) mass is 307 g/mol. The maximum absolute atomic E-state index is 6.14. The summed E-state index contributed by atoms with van der Waals surface area (Å²) in [6, 6.07) is 2.01. The summed E-state index contributed by atoms with van der Waals surface area (Å²) in [4.78, 5) is 6.71. The van der Waals surface area contributed by atoms with Crippen LogP contribution in [0, 0.1) is 5.92 Å². The van der Waals surface area contributed by atoms with E-state index in [1.54, 1.807) is 6.20 Å². The zero-order valence-corrected chi connectivity index (χ0v) is 13.3.